The largest absolute Gasteiger partial charge is 0.374 e. The molecule has 21 heavy (non-hydrogen) atoms. The van der Waals surface area contributed by atoms with Gasteiger partial charge in [0.05, 0.1) is 5.60 Å². The molecule has 1 saturated carbocycles. The van der Waals surface area contributed by atoms with Crippen LogP contribution in [0.5, 0.6) is 0 Å². The van der Waals surface area contributed by atoms with Gasteiger partial charge in [-0.15, -0.1) is 0 Å². The normalized spacial score (nSPS) is 26.7. The van der Waals surface area contributed by atoms with E-state index in [1.165, 1.54) is 44.9 Å². The molecule has 0 aliphatic heterocycles. The lowest BCUT2D eigenvalue weighted by molar-refractivity contribution is -0.0808. The average molecular weight is 298 g/mol. The zero-order valence-corrected chi connectivity index (χ0v) is 15.2. The predicted octanol–water partition coefficient (Wildman–Crippen LogP) is 5.02. The molecule has 0 aromatic rings. The minimum atomic E-state index is 0.123. The maximum Gasteiger partial charge on any atom is 0.0806 e. The van der Waals surface area contributed by atoms with Crippen molar-refractivity contribution in [2.75, 3.05) is 19.7 Å². The maximum absolute atomic E-state index is 6.43. The monoisotopic (exact) mass is 297 g/mol. The second-order valence-electron chi connectivity index (χ2n) is 7.83. The summed E-state index contributed by atoms with van der Waals surface area (Å²) >= 11 is 0. The molecule has 0 spiro atoms. The molecule has 0 saturated heterocycles. The van der Waals surface area contributed by atoms with Crippen LogP contribution in [0.4, 0.5) is 0 Å². The van der Waals surface area contributed by atoms with Crippen LogP contribution in [0.25, 0.3) is 0 Å². The van der Waals surface area contributed by atoms with E-state index in [4.69, 9.17) is 4.74 Å². The first-order valence-electron chi connectivity index (χ1n) is 9.34. The number of hydrogen-bond donors (Lipinski definition) is 1. The first-order chi connectivity index (χ1) is 9.99. The molecule has 1 aliphatic carbocycles. The van der Waals surface area contributed by atoms with E-state index in [1.807, 2.05) is 0 Å². The third-order valence-electron chi connectivity index (χ3n) is 5.09. The van der Waals surface area contributed by atoms with Gasteiger partial charge in [0.15, 0.2) is 0 Å². The molecule has 0 unspecified atom stereocenters. The van der Waals surface area contributed by atoms with Gasteiger partial charge < -0.3 is 10.1 Å². The zero-order valence-electron chi connectivity index (χ0n) is 15.2. The molecule has 0 bridgehead atoms. The molecule has 0 radical (unpaired) electrons. The Hall–Kier alpha value is -0.0800. The van der Waals surface area contributed by atoms with E-state index < -0.39 is 0 Å². The van der Waals surface area contributed by atoms with Crippen LogP contribution in [-0.2, 0) is 4.74 Å². The third kappa shape index (κ3) is 7.15. The molecule has 1 rings (SSSR count). The summed E-state index contributed by atoms with van der Waals surface area (Å²) in [5, 5.41) is 3.61. The van der Waals surface area contributed by atoms with Crippen molar-refractivity contribution in [1.82, 2.24) is 5.32 Å². The second-order valence-corrected chi connectivity index (χ2v) is 7.83. The van der Waals surface area contributed by atoms with E-state index in [2.05, 4.69) is 39.9 Å². The molecule has 0 heterocycles. The number of nitrogens with one attached hydrogen (secondary N) is 1. The summed E-state index contributed by atoms with van der Waals surface area (Å²) < 4.78 is 6.43. The van der Waals surface area contributed by atoms with Gasteiger partial charge in [0.2, 0.25) is 0 Å². The third-order valence-corrected chi connectivity index (χ3v) is 5.09. The Morgan fingerprint density at radius 2 is 1.81 bits per heavy atom. The smallest absolute Gasteiger partial charge is 0.0806 e. The van der Waals surface area contributed by atoms with E-state index in [0.717, 1.165) is 37.5 Å². The number of hydrogen-bond acceptors (Lipinski definition) is 2. The van der Waals surface area contributed by atoms with Crippen molar-refractivity contribution in [2.24, 2.45) is 17.8 Å². The van der Waals surface area contributed by atoms with Crippen molar-refractivity contribution in [3.8, 4) is 0 Å². The topological polar surface area (TPSA) is 21.3 Å². The van der Waals surface area contributed by atoms with Gasteiger partial charge >= 0.3 is 0 Å². The van der Waals surface area contributed by atoms with Crippen LogP contribution in [0.2, 0.25) is 0 Å². The lowest BCUT2D eigenvalue weighted by Crippen LogP contribution is -2.46. The Labute approximate surface area is 133 Å². The Kier molecular flexibility index (Phi) is 8.89. The molecule has 0 atom stereocenters. The SMILES string of the molecule is CCCNCC1(OCCCC(C)C)CCC(C(C)C)CC1. The van der Waals surface area contributed by atoms with Gasteiger partial charge in [0.1, 0.15) is 0 Å². The summed E-state index contributed by atoms with van der Waals surface area (Å²) in [4.78, 5) is 0. The van der Waals surface area contributed by atoms with E-state index in [1.54, 1.807) is 0 Å². The first kappa shape index (κ1) is 19.0. The summed E-state index contributed by atoms with van der Waals surface area (Å²) in [6.07, 6.45) is 8.87. The van der Waals surface area contributed by atoms with Gasteiger partial charge in [0, 0.05) is 13.2 Å². The predicted molar refractivity (Wildman–Crippen MR) is 92.7 cm³/mol. The molecule has 0 amide bonds. The van der Waals surface area contributed by atoms with Gasteiger partial charge in [0.25, 0.3) is 0 Å². The molecule has 1 aliphatic rings. The highest BCUT2D eigenvalue weighted by molar-refractivity contribution is 4.90. The van der Waals surface area contributed by atoms with Crippen LogP contribution in [0.3, 0.4) is 0 Å². The van der Waals surface area contributed by atoms with Crippen molar-refractivity contribution < 1.29 is 4.74 Å². The molecule has 1 N–H and O–H groups in total. The summed E-state index contributed by atoms with van der Waals surface area (Å²) in [5.74, 6) is 2.52. The Morgan fingerprint density at radius 1 is 1.14 bits per heavy atom. The van der Waals surface area contributed by atoms with Crippen LogP contribution in [0.1, 0.15) is 79.6 Å². The minimum absolute atomic E-state index is 0.123. The van der Waals surface area contributed by atoms with Crippen molar-refractivity contribution in [2.45, 2.75) is 85.2 Å². The van der Waals surface area contributed by atoms with E-state index in [-0.39, 0.29) is 5.60 Å². The second kappa shape index (κ2) is 9.84. The quantitative estimate of drug-likeness (QED) is 0.571. The summed E-state index contributed by atoms with van der Waals surface area (Å²) in [6.45, 7) is 14.7. The fourth-order valence-electron chi connectivity index (χ4n) is 3.48. The Balaban J connectivity index is 2.43. The van der Waals surface area contributed by atoms with E-state index >= 15 is 0 Å². The van der Waals surface area contributed by atoms with E-state index in [9.17, 15) is 0 Å². The molecule has 0 aromatic carbocycles. The molecule has 2 nitrogen and oxygen atoms in total. The molecule has 0 aromatic heterocycles. The van der Waals surface area contributed by atoms with Crippen LogP contribution in [0.15, 0.2) is 0 Å². The highest BCUT2D eigenvalue weighted by atomic mass is 16.5. The maximum atomic E-state index is 6.43. The number of rotatable bonds is 10. The average Bonchev–Trinajstić information content (AvgIpc) is 2.44. The standard InChI is InChI=1S/C19H39NO/c1-6-13-20-15-19(21-14-7-8-16(2)3)11-9-18(10-12-19)17(4)5/h16-18,20H,6-15H2,1-5H3. The van der Waals surface area contributed by atoms with Crippen LogP contribution in [-0.4, -0.2) is 25.3 Å². The van der Waals surface area contributed by atoms with Gasteiger partial charge in [-0.25, -0.2) is 0 Å². The molecule has 126 valence electrons. The lowest BCUT2D eigenvalue weighted by atomic mass is 9.74. The summed E-state index contributed by atoms with van der Waals surface area (Å²) in [5.41, 5.74) is 0.123. The molecule has 2 heteroatoms. The van der Waals surface area contributed by atoms with Crippen molar-refractivity contribution in [3.05, 3.63) is 0 Å². The highest BCUT2D eigenvalue weighted by Crippen LogP contribution is 2.38. The fourth-order valence-corrected chi connectivity index (χ4v) is 3.48. The van der Waals surface area contributed by atoms with Gasteiger partial charge in [-0.05, 0) is 69.2 Å². The Bertz CT molecular complexity index is 254. The summed E-state index contributed by atoms with van der Waals surface area (Å²) in [7, 11) is 0. The minimum Gasteiger partial charge on any atom is -0.374 e. The van der Waals surface area contributed by atoms with Crippen molar-refractivity contribution in [3.63, 3.8) is 0 Å². The lowest BCUT2D eigenvalue weighted by Gasteiger charge is -2.41. The van der Waals surface area contributed by atoms with E-state index in [0.29, 0.717) is 0 Å². The Morgan fingerprint density at radius 3 is 2.33 bits per heavy atom. The zero-order chi connectivity index (χ0) is 15.7. The van der Waals surface area contributed by atoms with Crippen molar-refractivity contribution >= 4 is 0 Å². The van der Waals surface area contributed by atoms with Gasteiger partial charge in [-0.2, -0.15) is 0 Å². The highest BCUT2D eigenvalue weighted by Gasteiger charge is 2.36. The first-order valence-corrected chi connectivity index (χ1v) is 9.34. The number of ether oxygens (including phenoxy) is 1. The summed E-state index contributed by atoms with van der Waals surface area (Å²) in [6, 6.07) is 0. The fraction of sp³-hybridized carbons (Fsp3) is 1.00. The van der Waals surface area contributed by atoms with Gasteiger partial charge in [-0.1, -0.05) is 34.6 Å². The van der Waals surface area contributed by atoms with Crippen LogP contribution in [0, 0.1) is 17.8 Å². The molecular weight excluding hydrogens is 258 g/mol. The molecular formula is C19H39NO. The van der Waals surface area contributed by atoms with Crippen LogP contribution >= 0.6 is 0 Å². The van der Waals surface area contributed by atoms with Gasteiger partial charge in [-0.3, -0.25) is 0 Å². The van der Waals surface area contributed by atoms with Crippen molar-refractivity contribution in [1.29, 1.82) is 0 Å². The van der Waals surface area contributed by atoms with Crippen LogP contribution < -0.4 is 5.32 Å². The molecule has 1 fully saturated rings.